The van der Waals surface area contributed by atoms with E-state index in [1.165, 1.54) is 17.2 Å². The first-order chi connectivity index (χ1) is 28.7. The van der Waals surface area contributed by atoms with Crippen LogP contribution in [0.25, 0.3) is 0 Å². The largest absolute Gasteiger partial charge is 0.426 e. The molecule has 2 amide bonds. The molecule has 5 aromatic rings. The fourth-order valence-corrected chi connectivity index (χ4v) is 11.5. The zero-order valence-electron chi connectivity index (χ0n) is 36.0. The van der Waals surface area contributed by atoms with Crippen molar-refractivity contribution in [2.45, 2.75) is 92.9 Å². The normalized spacial score (nSPS) is 15.6. The van der Waals surface area contributed by atoms with Crippen LogP contribution in [0.2, 0.25) is 0 Å². The van der Waals surface area contributed by atoms with Gasteiger partial charge in [-0.2, -0.15) is 10.2 Å². The molecule has 0 aliphatic carbocycles. The van der Waals surface area contributed by atoms with E-state index in [0.717, 1.165) is 25.9 Å². The Labute approximate surface area is 357 Å². The summed E-state index contributed by atoms with van der Waals surface area (Å²) < 4.78 is 68.1. The number of likely N-dealkylation sites (tertiary alicyclic amines) is 1. The van der Waals surface area contributed by atoms with E-state index >= 15 is 0 Å². The van der Waals surface area contributed by atoms with Gasteiger partial charge in [-0.1, -0.05) is 28.5 Å². The first-order valence-corrected chi connectivity index (χ1v) is 23.0. The molecule has 20 heteroatoms. The van der Waals surface area contributed by atoms with Crippen LogP contribution in [0.15, 0.2) is 86.2 Å². The van der Waals surface area contributed by atoms with Crippen molar-refractivity contribution in [1.82, 2.24) is 40.1 Å². The zero-order valence-corrected chi connectivity index (χ0v) is 37.6. The molecule has 332 valence electrons. The number of hydrogen-bond acceptors (Lipinski definition) is 14. The first-order valence-electron chi connectivity index (χ1n) is 20.1. The topological polar surface area (TPSA) is 227 Å². The molecule has 2 N–H and O–H groups in total. The van der Waals surface area contributed by atoms with Crippen LogP contribution in [0.3, 0.4) is 0 Å². The minimum atomic E-state index is -3.55. The van der Waals surface area contributed by atoms with Gasteiger partial charge in [-0.05, 0) is 104 Å². The third kappa shape index (κ3) is 11.1. The van der Waals surface area contributed by atoms with Gasteiger partial charge in [0.25, 0.3) is 0 Å². The first kappa shape index (κ1) is 46.7. The second-order valence-corrected chi connectivity index (χ2v) is 21.3. The maximum Gasteiger partial charge on any atom is 0.323 e. The second kappa shape index (κ2) is 19.6. The number of para-hydroxylation sites is 1. The van der Waals surface area contributed by atoms with Gasteiger partial charge in [0.1, 0.15) is 28.1 Å². The van der Waals surface area contributed by atoms with Gasteiger partial charge in [-0.3, -0.25) is 19.5 Å². The van der Waals surface area contributed by atoms with Gasteiger partial charge in [0.2, 0.25) is 0 Å². The van der Waals surface area contributed by atoms with Crippen LogP contribution in [0.4, 0.5) is 10.6 Å². The Balaban J connectivity index is 0.000000182. The highest BCUT2D eigenvalue weighted by molar-refractivity contribution is 7.93. The quantitative estimate of drug-likeness (QED) is 0.134. The van der Waals surface area contributed by atoms with E-state index < -0.39 is 29.2 Å². The number of carbonyl (C=O) groups is 2. The number of benzene rings is 1. The van der Waals surface area contributed by atoms with Crippen molar-refractivity contribution in [2.75, 3.05) is 31.5 Å². The Bertz CT molecular complexity index is 2410. The summed E-state index contributed by atoms with van der Waals surface area (Å²) in [6, 6.07) is 11.8. The number of sulfone groups is 2. The number of urea groups is 1. The molecule has 2 saturated heterocycles. The molecule has 0 radical (unpaired) electrons. The van der Waals surface area contributed by atoms with E-state index in [-0.39, 0.29) is 35.2 Å². The summed E-state index contributed by atoms with van der Waals surface area (Å²) in [5.74, 6) is 0.676. The van der Waals surface area contributed by atoms with E-state index in [2.05, 4.69) is 35.7 Å². The lowest BCUT2D eigenvalue weighted by molar-refractivity contribution is -0.133. The van der Waals surface area contributed by atoms with Gasteiger partial charge < -0.3 is 24.0 Å². The molecule has 6 heterocycles. The van der Waals surface area contributed by atoms with Crippen molar-refractivity contribution < 1.29 is 40.2 Å². The predicted octanol–water partition coefficient (Wildman–Crippen LogP) is 5.32. The van der Waals surface area contributed by atoms with Crippen molar-refractivity contribution in [3.63, 3.8) is 0 Å². The molecule has 0 saturated carbocycles. The summed E-state index contributed by atoms with van der Waals surface area (Å²) in [5, 5.41) is 21.6. The molecule has 2 aliphatic rings. The van der Waals surface area contributed by atoms with E-state index in [1.54, 1.807) is 100 Å². The van der Waals surface area contributed by atoms with E-state index in [9.17, 15) is 26.4 Å². The lowest BCUT2D eigenvalue weighted by Gasteiger charge is -2.39. The van der Waals surface area contributed by atoms with Crippen molar-refractivity contribution in [3.05, 3.63) is 84.5 Å². The molecule has 2 fully saturated rings. The van der Waals surface area contributed by atoms with Gasteiger partial charge in [0, 0.05) is 51.7 Å². The number of aromatic nitrogens is 6. The van der Waals surface area contributed by atoms with E-state index in [1.807, 2.05) is 19.9 Å². The lowest BCUT2D eigenvalue weighted by atomic mass is 9.86. The smallest absolute Gasteiger partial charge is 0.323 e. The molecular weight excluding hydrogens is 827 g/mol. The van der Waals surface area contributed by atoms with Gasteiger partial charge in [-0.25, -0.2) is 21.6 Å². The zero-order chi connectivity index (χ0) is 44.6. The van der Waals surface area contributed by atoms with Crippen LogP contribution in [-0.4, -0.2) is 99.3 Å². The Kier molecular flexibility index (Phi) is 15.0. The van der Waals surface area contributed by atoms with Crippen molar-refractivity contribution >= 4 is 37.5 Å². The highest BCUT2D eigenvalue weighted by Crippen LogP contribution is 2.39. The number of nitrogens with one attached hydrogen (secondary N) is 2. The lowest BCUT2D eigenvalue weighted by Crippen LogP contribution is -2.48. The average molecular weight is 884 g/mol. The number of rotatable bonds is 10. The Morgan fingerprint density at radius 2 is 1.28 bits per heavy atom. The van der Waals surface area contributed by atoms with Crippen molar-refractivity contribution in [1.29, 1.82) is 0 Å². The summed E-state index contributed by atoms with van der Waals surface area (Å²) in [6.45, 7) is 13.5. The number of aryl methyl sites for hydroxylation is 4. The van der Waals surface area contributed by atoms with Crippen LogP contribution < -0.4 is 15.4 Å². The monoisotopic (exact) mass is 883 g/mol. The SMILES string of the molecule is Cc1nn(C)cc1S(=O)(=O)C(C)(C)C1CCN(C(=O)Nc2ccon2)CC1.Cc1nn(C)cc1S(=O)(=O)C(C)(C)C1CCNCC1.O=C(Cc1ccon1)Oc1ccccc1. The molecular formula is C41H57N9O9S2. The van der Waals surface area contributed by atoms with Gasteiger partial charge in [0.15, 0.2) is 25.5 Å². The van der Waals surface area contributed by atoms with Gasteiger partial charge in [-0.15, -0.1) is 0 Å². The summed E-state index contributed by atoms with van der Waals surface area (Å²) >= 11 is 0. The fourth-order valence-electron chi connectivity index (χ4n) is 7.58. The molecule has 61 heavy (non-hydrogen) atoms. The highest BCUT2D eigenvalue weighted by atomic mass is 32.2. The summed E-state index contributed by atoms with van der Waals surface area (Å²) in [6.07, 6.45) is 9.14. The number of ether oxygens (including phenoxy) is 1. The van der Waals surface area contributed by atoms with E-state index in [0.29, 0.717) is 59.5 Å². The van der Waals surface area contributed by atoms with Crippen LogP contribution in [0.5, 0.6) is 5.75 Å². The van der Waals surface area contributed by atoms with Crippen LogP contribution in [0.1, 0.15) is 70.5 Å². The number of amides is 2. The van der Waals surface area contributed by atoms with Gasteiger partial charge >= 0.3 is 12.0 Å². The summed E-state index contributed by atoms with van der Waals surface area (Å²) in [7, 11) is -3.44. The molecule has 18 nitrogen and oxygen atoms in total. The molecule has 0 atom stereocenters. The highest BCUT2D eigenvalue weighted by Gasteiger charge is 2.46. The standard InChI is InChI=1S/C17H25N5O4S.C13H23N3O2S.C11H9NO3/c1-12-14(11-21(4)19-12)27(24,25)17(2,3)13-5-8-22(9-6-13)16(23)18-15-7-10-26-20-15;1-10-12(9-16(4)15-10)19(17,18)13(2,3)11-5-7-14-8-6-11;13-11(8-9-6-7-14-12-9)15-10-4-2-1-3-5-10/h7,10-11,13H,5-6,8-9H2,1-4H3,(H,18,20,23);9,11,14H,5-8H2,1-4H3;1-7H,8H2. The maximum absolute atomic E-state index is 13.2. The minimum Gasteiger partial charge on any atom is -0.426 e. The molecule has 2 aliphatic heterocycles. The Morgan fingerprint density at radius 3 is 1.74 bits per heavy atom. The molecule has 0 bridgehead atoms. The summed E-state index contributed by atoms with van der Waals surface area (Å²) in [4.78, 5) is 26.0. The van der Waals surface area contributed by atoms with Crippen molar-refractivity contribution in [2.24, 2.45) is 25.9 Å². The molecule has 0 unspecified atom stereocenters. The molecule has 0 spiro atoms. The fraction of sp³-hybridized carbons (Fsp3) is 0.512. The maximum atomic E-state index is 13.2. The van der Waals surface area contributed by atoms with Crippen LogP contribution in [0, 0.1) is 25.7 Å². The van der Waals surface area contributed by atoms with E-state index in [4.69, 9.17) is 9.26 Å². The third-order valence-electron chi connectivity index (χ3n) is 11.5. The number of hydrogen-bond donors (Lipinski definition) is 2. The van der Waals surface area contributed by atoms with Crippen LogP contribution >= 0.6 is 0 Å². The van der Waals surface area contributed by atoms with Crippen LogP contribution in [-0.2, 0) is 45.0 Å². The average Bonchev–Trinajstić information content (AvgIpc) is 4.06. The Hall–Kier alpha value is -5.34. The number of esters is 1. The number of anilines is 1. The summed E-state index contributed by atoms with van der Waals surface area (Å²) in [5.41, 5.74) is 1.66. The minimum absolute atomic E-state index is 0.0572. The number of carbonyl (C=O) groups excluding carboxylic acids is 2. The predicted molar refractivity (Wildman–Crippen MR) is 226 cm³/mol. The molecule has 7 rings (SSSR count). The molecule has 1 aromatic carbocycles. The molecule has 4 aromatic heterocycles. The third-order valence-corrected chi connectivity index (χ3v) is 16.8. The number of nitrogens with zero attached hydrogens (tertiary/aromatic N) is 7. The second-order valence-electron chi connectivity index (χ2n) is 16.3. The Morgan fingerprint density at radius 1 is 0.770 bits per heavy atom. The van der Waals surface area contributed by atoms with Gasteiger partial charge in [0.05, 0.1) is 33.0 Å². The number of piperidine rings is 2. The van der Waals surface area contributed by atoms with Crippen molar-refractivity contribution in [3.8, 4) is 5.75 Å².